The lowest BCUT2D eigenvalue weighted by Gasteiger charge is -2.20. The second-order valence-corrected chi connectivity index (χ2v) is 9.91. The number of sulfonamides is 1. The predicted molar refractivity (Wildman–Crippen MR) is 132 cm³/mol. The molecular weight excluding hydrogens is 494 g/mol. The van der Waals surface area contributed by atoms with E-state index in [0.717, 1.165) is 5.56 Å². The van der Waals surface area contributed by atoms with Gasteiger partial charge in [0.1, 0.15) is 7.11 Å². The Hall–Kier alpha value is -3.89. The monoisotopic (exact) mass is 513 g/mol. The van der Waals surface area contributed by atoms with Gasteiger partial charge in [-0.1, -0.05) is 28.9 Å². The van der Waals surface area contributed by atoms with Gasteiger partial charge in [-0.2, -0.15) is 0 Å². The van der Waals surface area contributed by atoms with E-state index in [2.05, 4.69) is 15.3 Å². The first-order chi connectivity index (χ1) is 16.7. The molecule has 0 aromatic heterocycles. The lowest BCUT2D eigenvalue weighted by molar-refractivity contribution is 0.0698. The van der Waals surface area contributed by atoms with E-state index in [1.807, 2.05) is 0 Å². The topological polar surface area (TPSA) is 125 Å². The number of carbonyl (C=O) groups is 2. The molecule has 0 atom stereocenters. The summed E-state index contributed by atoms with van der Waals surface area (Å²) < 4.78 is 28.0. The van der Waals surface area contributed by atoms with Crippen molar-refractivity contribution in [3.63, 3.8) is 0 Å². The van der Waals surface area contributed by atoms with E-state index >= 15 is 0 Å². The summed E-state index contributed by atoms with van der Waals surface area (Å²) in [6.45, 7) is 0.259. The molecule has 1 amide bonds. The number of nitrogens with one attached hydrogen (secondary N) is 1. The van der Waals surface area contributed by atoms with Crippen molar-refractivity contribution >= 4 is 51.1 Å². The third-order valence-corrected chi connectivity index (χ3v) is 7.45. The molecule has 1 aliphatic rings. The number of carboxylic acid groups (broad SMARTS) is 1. The standard InChI is InChI=1S/C24H20ClN3O6S/c1-34-26-14-15-5-7-21(20(11-15)24(30)31)27-23(29)17-3-2-4-19(13-17)35(32,33)28-10-9-16-12-18(25)6-8-22(16)28/h2-8,11-14H,9-10H2,1H3,(H,27,29)(H,30,31). The molecule has 3 aromatic carbocycles. The number of benzene rings is 3. The van der Waals surface area contributed by atoms with Crippen molar-refractivity contribution in [2.24, 2.45) is 5.16 Å². The van der Waals surface area contributed by atoms with E-state index in [1.54, 1.807) is 24.3 Å². The average Bonchev–Trinajstić information content (AvgIpc) is 3.27. The largest absolute Gasteiger partial charge is 0.478 e. The number of aromatic carboxylic acids is 1. The van der Waals surface area contributed by atoms with E-state index in [9.17, 15) is 23.1 Å². The number of oxime groups is 1. The molecule has 0 fully saturated rings. The first-order valence-corrected chi connectivity index (χ1v) is 12.2. The molecule has 0 saturated heterocycles. The molecule has 35 heavy (non-hydrogen) atoms. The number of hydrogen-bond acceptors (Lipinski definition) is 6. The maximum atomic E-state index is 13.3. The minimum absolute atomic E-state index is 0.0516. The Morgan fingerprint density at radius 1 is 1.14 bits per heavy atom. The highest BCUT2D eigenvalue weighted by Crippen LogP contribution is 2.34. The zero-order chi connectivity index (χ0) is 25.2. The highest BCUT2D eigenvalue weighted by Gasteiger charge is 2.31. The third kappa shape index (κ3) is 4.98. The van der Waals surface area contributed by atoms with Gasteiger partial charge >= 0.3 is 5.97 Å². The van der Waals surface area contributed by atoms with Gasteiger partial charge in [-0.25, -0.2) is 13.2 Å². The van der Waals surface area contributed by atoms with E-state index < -0.39 is 21.9 Å². The molecule has 0 aliphatic carbocycles. The highest BCUT2D eigenvalue weighted by atomic mass is 35.5. The van der Waals surface area contributed by atoms with Gasteiger partial charge in [-0.15, -0.1) is 0 Å². The molecule has 0 bridgehead atoms. The SMILES string of the molecule is CON=Cc1ccc(NC(=O)c2cccc(S(=O)(=O)N3CCc4cc(Cl)ccc43)c2)c(C(=O)O)c1. The van der Waals surface area contributed by atoms with E-state index in [1.165, 1.54) is 54.0 Å². The van der Waals surface area contributed by atoms with Crippen molar-refractivity contribution in [3.8, 4) is 0 Å². The van der Waals surface area contributed by atoms with E-state index in [4.69, 9.17) is 11.6 Å². The van der Waals surface area contributed by atoms with Crippen LogP contribution in [0.5, 0.6) is 0 Å². The zero-order valence-electron chi connectivity index (χ0n) is 18.4. The summed E-state index contributed by atoms with van der Waals surface area (Å²) in [4.78, 5) is 29.1. The van der Waals surface area contributed by atoms with Crippen LogP contribution in [0.3, 0.4) is 0 Å². The van der Waals surface area contributed by atoms with Crippen LogP contribution in [-0.2, 0) is 21.3 Å². The van der Waals surface area contributed by atoms with Crippen LogP contribution in [0, 0.1) is 0 Å². The predicted octanol–water partition coefficient (Wildman–Crippen LogP) is 4.02. The van der Waals surface area contributed by atoms with Crippen molar-refractivity contribution < 1.29 is 28.0 Å². The molecule has 3 aromatic rings. The van der Waals surface area contributed by atoms with Gasteiger partial charge in [0.2, 0.25) is 0 Å². The van der Waals surface area contributed by atoms with Gasteiger partial charge in [0.25, 0.3) is 15.9 Å². The number of hydrogen-bond donors (Lipinski definition) is 2. The maximum Gasteiger partial charge on any atom is 0.337 e. The quantitative estimate of drug-likeness (QED) is 0.363. The Balaban J connectivity index is 1.61. The Kier molecular flexibility index (Phi) is 6.77. The molecule has 4 rings (SSSR count). The number of rotatable bonds is 7. The molecule has 0 saturated carbocycles. The van der Waals surface area contributed by atoms with Crippen molar-refractivity contribution in [3.05, 3.63) is 87.9 Å². The van der Waals surface area contributed by atoms with Crippen LogP contribution in [0.4, 0.5) is 11.4 Å². The smallest absolute Gasteiger partial charge is 0.337 e. The minimum atomic E-state index is -3.94. The van der Waals surface area contributed by atoms with Crippen LogP contribution < -0.4 is 9.62 Å². The van der Waals surface area contributed by atoms with Crippen molar-refractivity contribution in [1.82, 2.24) is 0 Å². The summed E-state index contributed by atoms with van der Waals surface area (Å²) in [5, 5.41) is 16.2. The van der Waals surface area contributed by atoms with Crippen LogP contribution in [-0.4, -0.2) is 45.3 Å². The van der Waals surface area contributed by atoms with Crippen LogP contribution in [0.25, 0.3) is 0 Å². The van der Waals surface area contributed by atoms with E-state index in [-0.39, 0.29) is 28.3 Å². The maximum absolute atomic E-state index is 13.3. The fourth-order valence-corrected chi connectivity index (χ4v) is 5.50. The second kappa shape index (κ2) is 9.77. The number of anilines is 2. The Labute approximate surface area is 206 Å². The molecule has 1 aliphatic heterocycles. The van der Waals surface area contributed by atoms with Crippen LogP contribution in [0.2, 0.25) is 5.02 Å². The minimum Gasteiger partial charge on any atom is -0.478 e. The molecule has 0 unspecified atom stereocenters. The molecule has 2 N–H and O–H groups in total. The normalized spacial score (nSPS) is 13.0. The number of nitrogens with zero attached hydrogens (tertiary/aromatic N) is 2. The third-order valence-electron chi connectivity index (χ3n) is 5.41. The summed E-state index contributed by atoms with van der Waals surface area (Å²) in [5.74, 6) is -1.91. The number of carbonyl (C=O) groups excluding carboxylic acids is 1. The molecule has 9 nitrogen and oxygen atoms in total. The Morgan fingerprint density at radius 2 is 1.94 bits per heavy atom. The second-order valence-electron chi connectivity index (χ2n) is 7.61. The van der Waals surface area contributed by atoms with Gasteiger partial charge in [0, 0.05) is 17.1 Å². The average molecular weight is 514 g/mol. The first kappa shape index (κ1) is 24.2. The molecule has 180 valence electrons. The summed E-state index contributed by atoms with van der Waals surface area (Å²) >= 11 is 6.02. The highest BCUT2D eigenvalue weighted by molar-refractivity contribution is 7.92. The van der Waals surface area contributed by atoms with E-state index in [0.29, 0.717) is 22.7 Å². The number of amides is 1. The summed E-state index contributed by atoms with van der Waals surface area (Å²) in [6.07, 6.45) is 1.86. The van der Waals surface area contributed by atoms with Crippen molar-refractivity contribution in [2.75, 3.05) is 23.3 Å². The molecule has 1 heterocycles. The number of halogens is 1. The summed E-state index contributed by atoms with van der Waals surface area (Å²) in [7, 11) is -2.58. The molecule has 0 spiro atoms. The van der Waals surface area contributed by atoms with Gasteiger partial charge in [0.05, 0.1) is 28.0 Å². The van der Waals surface area contributed by atoms with Crippen LogP contribution in [0.15, 0.2) is 70.7 Å². The summed E-state index contributed by atoms with van der Waals surface area (Å²) in [5.41, 5.74) is 1.79. The first-order valence-electron chi connectivity index (χ1n) is 10.4. The van der Waals surface area contributed by atoms with Crippen molar-refractivity contribution in [1.29, 1.82) is 0 Å². The lowest BCUT2D eigenvalue weighted by Crippen LogP contribution is -2.29. The Bertz CT molecular complexity index is 1460. The Morgan fingerprint density at radius 3 is 2.69 bits per heavy atom. The fraction of sp³-hybridized carbons (Fsp3) is 0.125. The zero-order valence-corrected chi connectivity index (χ0v) is 20.0. The number of fused-ring (bicyclic) bond motifs is 1. The van der Waals surface area contributed by atoms with Crippen LogP contribution in [0.1, 0.15) is 31.8 Å². The van der Waals surface area contributed by atoms with Gasteiger partial charge < -0.3 is 15.3 Å². The molecule has 0 radical (unpaired) electrons. The van der Waals surface area contributed by atoms with Gasteiger partial charge in [-0.05, 0) is 66.1 Å². The lowest BCUT2D eigenvalue weighted by atomic mass is 10.1. The number of carboxylic acids is 1. The molecular formula is C24H20ClN3O6S. The van der Waals surface area contributed by atoms with Crippen molar-refractivity contribution in [2.45, 2.75) is 11.3 Å². The van der Waals surface area contributed by atoms with Gasteiger partial charge in [0.15, 0.2) is 0 Å². The fourth-order valence-electron chi connectivity index (χ4n) is 3.75. The van der Waals surface area contributed by atoms with Gasteiger partial charge in [-0.3, -0.25) is 9.10 Å². The van der Waals surface area contributed by atoms with Crippen LogP contribution >= 0.6 is 11.6 Å². The molecule has 11 heteroatoms. The summed E-state index contributed by atoms with van der Waals surface area (Å²) in [6, 6.07) is 14.9.